The van der Waals surface area contributed by atoms with Gasteiger partial charge in [0.05, 0.1) is 0 Å². The first-order valence-electron chi connectivity index (χ1n) is 8.17. The van der Waals surface area contributed by atoms with Gasteiger partial charge in [0.2, 0.25) is 0 Å². The van der Waals surface area contributed by atoms with Crippen LogP contribution in [0.1, 0.15) is 44.9 Å². The lowest BCUT2D eigenvalue weighted by molar-refractivity contribution is 0.221. The Morgan fingerprint density at radius 1 is 0.842 bits per heavy atom. The second kappa shape index (κ2) is 6.12. The van der Waals surface area contributed by atoms with Crippen LogP contribution in [0, 0.1) is 5.41 Å². The second-order valence-corrected chi connectivity index (χ2v) is 6.37. The Labute approximate surface area is 117 Å². The SMILES string of the molecule is N=C(N1CCCCC1)N1CCC[C@H]1CN1CCCC1. The molecule has 0 aromatic heterocycles. The van der Waals surface area contributed by atoms with Crippen molar-refractivity contribution in [3.63, 3.8) is 0 Å². The van der Waals surface area contributed by atoms with Gasteiger partial charge in [-0.05, 0) is 58.0 Å². The topological polar surface area (TPSA) is 33.6 Å². The summed E-state index contributed by atoms with van der Waals surface area (Å²) < 4.78 is 0. The molecule has 3 saturated heterocycles. The summed E-state index contributed by atoms with van der Waals surface area (Å²) in [5.41, 5.74) is 0. The quantitative estimate of drug-likeness (QED) is 0.611. The molecule has 0 aliphatic carbocycles. The molecule has 19 heavy (non-hydrogen) atoms. The lowest BCUT2D eigenvalue weighted by Gasteiger charge is -2.37. The van der Waals surface area contributed by atoms with E-state index >= 15 is 0 Å². The van der Waals surface area contributed by atoms with E-state index in [1.807, 2.05) is 0 Å². The molecule has 3 heterocycles. The Bertz CT molecular complexity index is 305. The molecule has 0 unspecified atom stereocenters. The number of nitrogens with one attached hydrogen (secondary N) is 1. The van der Waals surface area contributed by atoms with E-state index in [2.05, 4.69) is 14.7 Å². The minimum Gasteiger partial charge on any atom is -0.343 e. The molecule has 0 aromatic rings. The van der Waals surface area contributed by atoms with Crippen LogP contribution >= 0.6 is 0 Å². The lowest BCUT2D eigenvalue weighted by Crippen LogP contribution is -2.50. The highest BCUT2D eigenvalue weighted by molar-refractivity contribution is 5.77. The van der Waals surface area contributed by atoms with E-state index in [1.54, 1.807) is 0 Å². The van der Waals surface area contributed by atoms with Crippen molar-refractivity contribution in [3.05, 3.63) is 0 Å². The normalized spacial score (nSPS) is 29.2. The Hall–Kier alpha value is -0.770. The minimum absolute atomic E-state index is 0.604. The Balaban J connectivity index is 1.56. The van der Waals surface area contributed by atoms with Crippen molar-refractivity contribution in [2.24, 2.45) is 0 Å². The van der Waals surface area contributed by atoms with E-state index in [-0.39, 0.29) is 0 Å². The van der Waals surface area contributed by atoms with Crippen LogP contribution in [0.2, 0.25) is 0 Å². The summed E-state index contributed by atoms with van der Waals surface area (Å²) in [5, 5.41) is 8.52. The molecule has 0 radical (unpaired) electrons. The highest BCUT2D eigenvalue weighted by Crippen LogP contribution is 2.22. The molecule has 4 heteroatoms. The smallest absolute Gasteiger partial charge is 0.194 e. The molecule has 108 valence electrons. The van der Waals surface area contributed by atoms with Gasteiger partial charge >= 0.3 is 0 Å². The van der Waals surface area contributed by atoms with Gasteiger partial charge in [0, 0.05) is 32.2 Å². The van der Waals surface area contributed by atoms with Crippen molar-refractivity contribution in [1.82, 2.24) is 14.7 Å². The van der Waals surface area contributed by atoms with E-state index in [0.717, 1.165) is 25.6 Å². The van der Waals surface area contributed by atoms with Crippen LogP contribution in [0.4, 0.5) is 0 Å². The van der Waals surface area contributed by atoms with Crippen LogP contribution in [0.3, 0.4) is 0 Å². The summed E-state index contributed by atoms with van der Waals surface area (Å²) in [6.45, 7) is 7.06. The first-order valence-corrected chi connectivity index (χ1v) is 8.17. The van der Waals surface area contributed by atoms with Crippen molar-refractivity contribution < 1.29 is 0 Å². The molecule has 1 atom stereocenters. The molecule has 3 fully saturated rings. The van der Waals surface area contributed by atoms with Crippen molar-refractivity contribution in [2.45, 2.75) is 51.0 Å². The van der Waals surface area contributed by atoms with Crippen molar-refractivity contribution in [1.29, 1.82) is 5.41 Å². The van der Waals surface area contributed by atoms with Gasteiger partial charge in [-0.3, -0.25) is 5.41 Å². The highest BCUT2D eigenvalue weighted by atomic mass is 15.4. The molecule has 3 aliphatic heterocycles. The van der Waals surface area contributed by atoms with Gasteiger partial charge in [-0.25, -0.2) is 0 Å². The van der Waals surface area contributed by atoms with Gasteiger partial charge in [0.1, 0.15) is 0 Å². The van der Waals surface area contributed by atoms with Crippen LogP contribution in [-0.4, -0.2) is 66.0 Å². The molecular formula is C15H28N4. The average molecular weight is 264 g/mol. The predicted molar refractivity (Wildman–Crippen MR) is 78.6 cm³/mol. The number of piperidine rings is 1. The first-order chi connectivity index (χ1) is 9.34. The molecule has 1 N–H and O–H groups in total. The Kier molecular flexibility index (Phi) is 4.26. The molecule has 4 nitrogen and oxygen atoms in total. The van der Waals surface area contributed by atoms with Crippen LogP contribution in [0.5, 0.6) is 0 Å². The maximum absolute atomic E-state index is 8.52. The van der Waals surface area contributed by atoms with Crippen molar-refractivity contribution in [3.8, 4) is 0 Å². The fourth-order valence-electron chi connectivity index (χ4n) is 3.85. The summed E-state index contributed by atoms with van der Waals surface area (Å²) in [7, 11) is 0. The summed E-state index contributed by atoms with van der Waals surface area (Å²) in [5.74, 6) is 0.821. The monoisotopic (exact) mass is 264 g/mol. The number of guanidine groups is 1. The fraction of sp³-hybridized carbons (Fsp3) is 0.933. The third kappa shape index (κ3) is 3.04. The molecule has 0 spiro atoms. The van der Waals surface area contributed by atoms with Gasteiger partial charge < -0.3 is 14.7 Å². The number of nitrogens with zero attached hydrogens (tertiary/aromatic N) is 3. The van der Waals surface area contributed by atoms with E-state index in [4.69, 9.17) is 5.41 Å². The molecule has 0 amide bonds. The maximum atomic E-state index is 8.52. The van der Waals surface area contributed by atoms with Gasteiger partial charge in [-0.15, -0.1) is 0 Å². The summed E-state index contributed by atoms with van der Waals surface area (Å²) in [4.78, 5) is 7.31. The third-order valence-electron chi connectivity index (χ3n) is 4.97. The number of rotatable bonds is 2. The lowest BCUT2D eigenvalue weighted by atomic mass is 10.1. The van der Waals surface area contributed by atoms with E-state index < -0.39 is 0 Å². The Morgan fingerprint density at radius 3 is 2.26 bits per heavy atom. The van der Waals surface area contributed by atoms with E-state index in [9.17, 15) is 0 Å². The summed E-state index contributed by atoms with van der Waals surface area (Å²) >= 11 is 0. The van der Waals surface area contributed by atoms with Crippen LogP contribution < -0.4 is 0 Å². The Morgan fingerprint density at radius 2 is 1.53 bits per heavy atom. The van der Waals surface area contributed by atoms with Gasteiger partial charge in [0.25, 0.3) is 0 Å². The summed E-state index contributed by atoms with van der Waals surface area (Å²) in [6.07, 6.45) is 9.19. The van der Waals surface area contributed by atoms with Gasteiger partial charge in [-0.2, -0.15) is 0 Å². The summed E-state index contributed by atoms with van der Waals surface area (Å²) in [6, 6.07) is 0.604. The maximum Gasteiger partial charge on any atom is 0.194 e. The average Bonchev–Trinajstić information content (AvgIpc) is 3.11. The number of likely N-dealkylation sites (tertiary alicyclic amines) is 3. The predicted octanol–water partition coefficient (Wildman–Crippen LogP) is 1.97. The molecule has 3 rings (SSSR count). The van der Waals surface area contributed by atoms with Gasteiger partial charge in [0.15, 0.2) is 5.96 Å². The zero-order valence-corrected chi connectivity index (χ0v) is 12.1. The highest BCUT2D eigenvalue weighted by Gasteiger charge is 2.31. The number of hydrogen-bond donors (Lipinski definition) is 1. The third-order valence-corrected chi connectivity index (χ3v) is 4.97. The molecular weight excluding hydrogens is 236 g/mol. The van der Waals surface area contributed by atoms with E-state index in [1.165, 1.54) is 64.6 Å². The second-order valence-electron chi connectivity index (χ2n) is 6.37. The van der Waals surface area contributed by atoms with Crippen molar-refractivity contribution in [2.75, 3.05) is 39.3 Å². The van der Waals surface area contributed by atoms with E-state index in [0.29, 0.717) is 6.04 Å². The zero-order valence-electron chi connectivity index (χ0n) is 12.1. The number of hydrogen-bond acceptors (Lipinski definition) is 2. The van der Waals surface area contributed by atoms with Crippen LogP contribution in [-0.2, 0) is 0 Å². The standard InChI is InChI=1S/C15H28N4/c16-15(18-10-2-1-3-11-18)19-12-6-7-14(19)13-17-8-4-5-9-17/h14,16H,1-13H2/t14-/m0/s1. The first kappa shape index (κ1) is 13.2. The minimum atomic E-state index is 0.604. The molecule has 0 bridgehead atoms. The molecule has 0 saturated carbocycles. The molecule has 0 aromatic carbocycles. The van der Waals surface area contributed by atoms with Gasteiger partial charge in [-0.1, -0.05) is 0 Å². The largest absolute Gasteiger partial charge is 0.343 e. The van der Waals surface area contributed by atoms with Crippen molar-refractivity contribution >= 4 is 5.96 Å². The van der Waals surface area contributed by atoms with Crippen LogP contribution in [0.25, 0.3) is 0 Å². The van der Waals surface area contributed by atoms with Crippen LogP contribution in [0.15, 0.2) is 0 Å². The fourth-order valence-corrected chi connectivity index (χ4v) is 3.85. The molecule has 3 aliphatic rings. The zero-order chi connectivity index (χ0) is 13.1.